The van der Waals surface area contributed by atoms with E-state index < -0.39 is 16.1 Å². The summed E-state index contributed by atoms with van der Waals surface area (Å²) in [4.78, 5) is 37.2. The molecule has 0 aromatic heterocycles. The highest BCUT2D eigenvalue weighted by Gasteiger charge is 2.35. The molecule has 0 bridgehead atoms. The second-order valence-corrected chi connectivity index (χ2v) is 9.09. The van der Waals surface area contributed by atoms with Gasteiger partial charge in [-0.25, -0.2) is 0 Å². The molecule has 2 amide bonds. The summed E-state index contributed by atoms with van der Waals surface area (Å²) in [5, 5.41) is 11.2. The lowest BCUT2D eigenvalue weighted by Crippen LogP contribution is -2.27. The van der Waals surface area contributed by atoms with E-state index in [1.165, 1.54) is 12.1 Å². The number of carbonyl (C=O) groups is 2. The van der Waals surface area contributed by atoms with E-state index in [4.69, 9.17) is 27.9 Å². The van der Waals surface area contributed by atoms with Gasteiger partial charge in [0.2, 0.25) is 0 Å². The molecule has 34 heavy (non-hydrogen) atoms. The molecule has 1 saturated heterocycles. The first-order chi connectivity index (χ1) is 16.3. The van der Waals surface area contributed by atoms with E-state index in [1.54, 1.807) is 60.7 Å². The third kappa shape index (κ3) is 5.41. The van der Waals surface area contributed by atoms with Gasteiger partial charge in [0.15, 0.2) is 0 Å². The SMILES string of the molecule is O=C1S/C(=C\c2ccccc2OCc2ccc([N+](=O)[O-])cc2)C(=O)N1Cc1ccc(Cl)cc1Cl. The van der Waals surface area contributed by atoms with Crippen molar-refractivity contribution < 1.29 is 19.2 Å². The van der Waals surface area contributed by atoms with Gasteiger partial charge in [0.05, 0.1) is 16.4 Å². The number of ether oxygens (including phenoxy) is 1. The number of imide groups is 1. The normalized spacial score (nSPS) is 14.6. The van der Waals surface area contributed by atoms with Crippen molar-refractivity contribution in [3.8, 4) is 5.75 Å². The van der Waals surface area contributed by atoms with Crippen molar-refractivity contribution in [3.63, 3.8) is 0 Å². The summed E-state index contributed by atoms with van der Waals surface area (Å²) < 4.78 is 5.88. The number of benzene rings is 3. The van der Waals surface area contributed by atoms with Crippen molar-refractivity contribution in [1.82, 2.24) is 4.90 Å². The number of nitro benzene ring substituents is 1. The molecule has 3 aromatic carbocycles. The lowest BCUT2D eigenvalue weighted by molar-refractivity contribution is -0.384. The van der Waals surface area contributed by atoms with E-state index in [1.807, 2.05) is 0 Å². The number of rotatable bonds is 7. The fourth-order valence-corrected chi connectivity index (χ4v) is 4.50. The molecule has 4 rings (SSSR count). The van der Waals surface area contributed by atoms with E-state index in [0.717, 1.165) is 22.2 Å². The smallest absolute Gasteiger partial charge is 0.293 e. The molecule has 0 N–H and O–H groups in total. The molecule has 172 valence electrons. The predicted octanol–water partition coefficient (Wildman–Crippen LogP) is 6.72. The summed E-state index contributed by atoms with van der Waals surface area (Å²) in [7, 11) is 0. The first-order valence-corrected chi connectivity index (χ1v) is 11.5. The van der Waals surface area contributed by atoms with Gasteiger partial charge in [0.1, 0.15) is 12.4 Å². The van der Waals surface area contributed by atoms with E-state index in [2.05, 4.69) is 0 Å². The molecule has 1 fully saturated rings. The van der Waals surface area contributed by atoms with Crippen LogP contribution >= 0.6 is 35.0 Å². The Hall–Kier alpha value is -3.33. The van der Waals surface area contributed by atoms with Crippen molar-refractivity contribution >= 4 is 57.9 Å². The number of nitrogens with zero attached hydrogens (tertiary/aromatic N) is 2. The van der Waals surface area contributed by atoms with Crippen molar-refractivity contribution in [2.75, 3.05) is 0 Å². The number of hydrogen-bond acceptors (Lipinski definition) is 6. The molecule has 10 heteroatoms. The third-order valence-electron chi connectivity index (χ3n) is 4.96. The highest BCUT2D eigenvalue weighted by Crippen LogP contribution is 2.36. The number of thioether (sulfide) groups is 1. The Kier molecular flexibility index (Phi) is 7.21. The van der Waals surface area contributed by atoms with E-state index in [0.29, 0.717) is 26.9 Å². The maximum atomic E-state index is 12.9. The van der Waals surface area contributed by atoms with Gasteiger partial charge in [-0.2, -0.15) is 0 Å². The maximum Gasteiger partial charge on any atom is 0.293 e. The monoisotopic (exact) mass is 514 g/mol. The average molecular weight is 515 g/mol. The Morgan fingerprint density at radius 1 is 1.03 bits per heavy atom. The topological polar surface area (TPSA) is 89.7 Å². The van der Waals surface area contributed by atoms with Crippen molar-refractivity contribution in [3.05, 3.63) is 108 Å². The summed E-state index contributed by atoms with van der Waals surface area (Å²) in [6, 6.07) is 18.0. The Balaban J connectivity index is 1.50. The van der Waals surface area contributed by atoms with Crippen molar-refractivity contribution in [1.29, 1.82) is 0 Å². The Labute approximate surface area is 209 Å². The van der Waals surface area contributed by atoms with Crippen LogP contribution in [0.15, 0.2) is 71.6 Å². The van der Waals surface area contributed by atoms with Crippen molar-refractivity contribution in [2.45, 2.75) is 13.2 Å². The van der Waals surface area contributed by atoms with E-state index >= 15 is 0 Å². The Bertz CT molecular complexity index is 1310. The molecule has 1 aliphatic rings. The molecule has 1 heterocycles. The summed E-state index contributed by atoms with van der Waals surface area (Å²) in [6.45, 7) is 0.218. The minimum Gasteiger partial charge on any atom is -0.488 e. The average Bonchev–Trinajstić information content (AvgIpc) is 3.07. The fourth-order valence-electron chi connectivity index (χ4n) is 3.20. The van der Waals surface area contributed by atoms with E-state index in [-0.39, 0.29) is 23.7 Å². The third-order valence-corrected chi connectivity index (χ3v) is 6.46. The second kappa shape index (κ2) is 10.3. The lowest BCUT2D eigenvalue weighted by Gasteiger charge is -2.13. The standard InChI is InChI=1S/C24H16Cl2N2O5S/c25-18-8-7-17(20(26)12-18)13-27-23(29)22(34-24(27)30)11-16-3-1-2-4-21(16)33-14-15-5-9-19(10-6-15)28(31)32/h1-12H,13-14H2/b22-11-. The van der Waals surface area contributed by atoms with E-state index in [9.17, 15) is 19.7 Å². The maximum absolute atomic E-state index is 12.9. The zero-order chi connectivity index (χ0) is 24.2. The molecule has 0 spiro atoms. The van der Waals surface area contributed by atoms with Crippen LogP contribution in [0.2, 0.25) is 10.0 Å². The zero-order valence-electron chi connectivity index (χ0n) is 17.4. The number of nitro groups is 1. The van der Waals surface area contributed by atoms with Crippen LogP contribution in [0.4, 0.5) is 10.5 Å². The molecule has 1 aliphatic heterocycles. The van der Waals surface area contributed by atoms with Crippen LogP contribution in [-0.2, 0) is 17.9 Å². The van der Waals surface area contributed by atoms with Gasteiger partial charge in [0.25, 0.3) is 16.8 Å². The molecule has 3 aromatic rings. The van der Waals surface area contributed by atoms with Crippen LogP contribution in [0.25, 0.3) is 6.08 Å². The molecule has 0 saturated carbocycles. The molecule has 0 unspecified atom stereocenters. The quantitative estimate of drug-likeness (QED) is 0.197. The van der Waals surface area contributed by atoms with Crippen LogP contribution in [0.3, 0.4) is 0 Å². The zero-order valence-corrected chi connectivity index (χ0v) is 19.8. The molecule has 7 nitrogen and oxygen atoms in total. The first-order valence-electron chi connectivity index (χ1n) is 9.96. The van der Waals surface area contributed by atoms with Gasteiger partial charge in [-0.15, -0.1) is 0 Å². The van der Waals surface area contributed by atoms with Gasteiger partial charge in [-0.05, 0) is 59.3 Å². The minimum absolute atomic E-state index is 0.000219. The highest BCUT2D eigenvalue weighted by atomic mass is 35.5. The van der Waals surface area contributed by atoms with Crippen LogP contribution in [0, 0.1) is 10.1 Å². The van der Waals surface area contributed by atoms with Crippen LogP contribution in [0.1, 0.15) is 16.7 Å². The summed E-state index contributed by atoms with van der Waals surface area (Å²) in [5.41, 5.74) is 1.99. The predicted molar refractivity (Wildman–Crippen MR) is 132 cm³/mol. The van der Waals surface area contributed by atoms with Crippen molar-refractivity contribution in [2.24, 2.45) is 0 Å². The molecular weight excluding hydrogens is 499 g/mol. The Morgan fingerprint density at radius 3 is 2.47 bits per heavy atom. The molecule has 0 atom stereocenters. The van der Waals surface area contributed by atoms with Crippen LogP contribution < -0.4 is 4.74 Å². The fraction of sp³-hybridized carbons (Fsp3) is 0.0833. The molecular formula is C24H16Cl2N2O5S. The lowest BCUT2D eigenvalue weighted by atomic mass is 10.1. The van der Waals surface area contributed by atoms with Crippen LogP contribution in [0.5, 0.6) is 5.75 Å². The summed E-state index contributed by atoms with van der Waals surface area (Å²) in [6.07, 6.45) is 1.61. The number of carbonyl (C=O) groups excluding carboxylic acids is 2. The number of non-ortho nitro benzene ring substituents is 1. The second-order valence-electron chi connectivity index (χ2n) is 7.25. The van der Waals surface area contributed by atoms with Crippen LogP contribution in [-0.4, -0.2) is 21.0 Å². The van der Waals surface area contributed by atoms with Gasteiger partial charge < -0.3 is 4.74 Å². The first kappa shape index (κ1) is 23.8. The Morgan fingerprint density at radius 2 is 1.76 bits per heavy atom. The largest absolute Gasteiger partial charge is 0.488 e. The van der Waals surface area contributed by atoms with Gasteiger partial charge in [-0.1, -0.05) is 47.5 Å². The summed E-state index contributed by atoms with van der Waals surface area (Å²) >= 11 is 13.0. The molecule has 0 radical (unpaired) electrons. The number of para-hydroxylation sites is 1. The van der Waals surface area contributed by atoms with Gasteiger partial charge in [-0.3, -0.25) is 24.6 Å². The molecule has 0 aliphatic carbocycles. The highest BCUT2D eigenvalue weighted by molar-refractivity contribution is 8.18. The number of halogens is 2. The van der Waals surface area contributed by atoms with Gasteiger partial charge >= 0.3 is 0 Å². The number of amides is 2. The number of hydrogen-bond donors (Lipinski definition) is 0. The van der Waals surface area contributed by atoms with Gasteiger partial charge in [0, 0.05) is 27.7 Å². The minimum atomic E-state index is -0.464. The summed E-state index contributed by atoms with van der Waals surface area (Å²) in [5.74, 6) is 0.0830.